The zero-order chi connectivity index (χ0) is 29.4. The molecule has 2 aliphatic rings. The third-order valence-corrected chi connectivity index (χ3v) is 8.30. The largest absolute Gasteiger partial charge is 0.496 e. The Labute approximate surface area is 248 Å². The number of anilines is 2. The first-order chi connectivity index (χ1) is 19.5. The summed E-state index contributed by atoms with van der Waals surface area (Å²) >= 11 is 12.7. The highest BCUT2D eigenvalue weighted by Crippen LogP contribution is 2.55. The SMILES string of the molecule is COc1cc(C(C)C)ccc1-c1nc2c(n1C(C)C)[C@@]1(C(=O)Nc3cc(Cl)ccc31)N(c1cc(Cl)cnc1C)C2=O. The van der Waals surface area contributed by atoms with Crippen LogP contribution in [0.25, 0.3) is 11.4 Å². The smallest absolute Gasteiger partial charge is 0.280 e. The number of nitrogens with one attached hydrogen (secondary N) is 1. The number of aryl methyl sites for hydroxylation is 1. The molecule has 2 aromatic carbocycles. The van der Waals surface area contributed by atoms with Crippen LogP contribution in [0.5, 0.6) is 5.75 Å². The predicted octanol–water partition coefficient (Wildman–Crippen LogP) is 7.13. The second-order valence-corrected chi connectivity index (χ2v) is 11.8. The molecule has 2 amide bonds. The van der Waals surface area contributed by atoms with Gasteiger partial charge in [-0.15, -0.1) is 0 Å². The summed E-state index contributed by atoms with van der Waals surface area (Å²) in [6, 6.07) is 12.7. The Kier molecular flexibility index (Phi) is 6.39. The summed E-state index contributed by atoms with van der Waals surface area (Å²) in [5, 5.41) is 3.79. The van der Waals surface area contributed by atoms with Crippen molar-refractivity contribution in [3.8, 4) is 17.1 Å². The maximum Gasteiger partial charge on any atom is 0.280 e. The number of hydrogen-bond acceptors (Lipinski definition) is 5. The molecular weight excluding hydrogens is 561 g/mol. The van der Waals surface area contributed by atoms with E-state index in [9.17, 15) is 9.59 Å². The zero-order valence-electron chi connectivity index (χ0n) is 23.5. The maximum atomic E-state index is 14.5. The van der Waals surface area contributed by atoms with E-state index in [0.717, 1.165) is 11.1 Å². The lowest BCUT2D eigenvalue weighted by Crippen LogP contribution is -2.51. The molecule has 0 unspecified atom stereocenters. The fourth-order valence-corrected chi connectivity index (χ4v) is 6.30. The van der Waals surface area contributed by atoms with Crippen molar-refractivity contribution in [3.05, 3.63) is 86.9 Å². The van der Waals surface area contributed by atoms with E-state index in [-0.39, 0.29) is 11.7 Å². The van der Waals surface area contributed by atoms with E-state index in [2.05, 4.69) is 24.1 Å². The lowest BCUT2D eigenvalue weighted by atomic mass is 9.86. The summed E-state index contributed by atoms with van der Waals surface area (Å²) in [6.45, 7) is 10.0. The molecule has 1 N–H and O–H groups in total. The number of amides is 2. The van der Waals surface area contributed by atoms with Gasteiger partial charge in [0.05, 0.1) is 34.8 Å². The topological polar surface area (TPSA) is 89.3 Å². The number of benzene rings is 2. The van der Waals surface area contributed by atoms with Gasteiger partial charge in [-0.2, -0.15) is 0 Å². The van der Waals surface area contributed by atoms with Gasteiger partial charge in [-0.3, -0.25) is 19.5 Å². The number of fused-ring (bicyclic) bond motifs is 4. The predicted molar refractivity (Wildman–Crippen MR) is 160 cm³/mol. The van der Waals surface area contributed by atoms with Crippen LogP contribution in [0.3, 0.4) is 0 Å². The highest BCUT2D eigenvalue weighted by atomic mass is 35.5. The first-order valence-corrected chi connectivity index (χ1v) is 14.1. The van der Waals surface area contributed by atoms with Gasteiger partial charge in [-0.1, -0.05) is 49.2 Å². The monoisotopic (exact) mass is 589 g/mol. The van der Waals surface area contributed by atoms with Crippen LogP contribution >= 0.6 is 23.2 Å². The Morgan fingerprint density at radius 3 is 2.44 bits per heavy atom. The molecule has 0 aliphatic carbocycles. The zero-order valence-corrected chi connectivity index (χ0v) is 25.1. The maximum absolute atomic E-state index is 14.5. The average molecular weight is 591 g/mol. The van der Waals surface area contributed by atoms with Crippen LogP contribution in [-0.4, -0.2) is 33.5 Å². The van der Waals surface area contributed by atoms with Crippen LogP contribution in [0.2, 0.25) is 10.0 Å². The van der Waals surface area contributed by atoms with Gasteiger partial charge in [0, 0.05) is 28.5 Å². The molecular formula is C31H29Cl2N5O3. The highest BCUT2D eigenvalue weighted by Gasteiger charge is 2.64. The van der Waals surface area contributed by atoms with Crippen molar-refractivity contribution in [1.29, 1.82) is 0 Å². The van der Waals surface area contributed by atoms with Crippen molar-refractivity contribution in [1.82, 2.24) is 14.5 Å². The van der Waals surface area contributed by atoms with Crippen molar-refractivity contribution >= 4 is 46.4 Å². The van der Waals surface area contributed by atoms with Gasteiger partial charge in [0.2, 0.25) is 0 Å². The second-order valence-electron chi connectivity index (χ2n) is 11.0. The van der Waals surface area contributed by atoms with E-state index in [1.54, 1.807) is 38.3 Å². The molecule has 8 nitrogen and oxygen atoms in total. The Balaban J connectivity index is 1.72. The number of halogens is 2. The van der Waals surface area contributed by atoms with E-state index in [0.29, 0.717) is 55.9 Å². The molecule has 6 rings (SSSR count). The summed E-state index contributed by atoms with van der Waals surface area (Å²) in [6.07, 6.45) is 1.51. The number of hydrogen-bond donors (Lipinski definition) is 1. The standard InChI is InChI=1S/C31H29Cl2N5O3/c1-15(2)18-7-9-21(25(11-18)41-6)28-36-26-27(37(28)16(3)4)31(22-10-8-19(32)12-23(22)35-30(31)40)38(29(26)39)24-13-20(33)14-34-17(24)5/h7-16H,1-6H3,(H,35,40)/t31-/m0/s1. The van der Waals surface area contributed by atoms with Crippen LogP contribution < -0.4 is 15.0 Å². The molecule has 2 aromatic heterocycles. The van der Waals surface area contributed by atoms with Gasteiger partial charge in [-0.05, 0) is 62.6 Å². The second kappa shape index (κ2) is 9.60. The fourth-order valence-electron chi connectivity index (χ4n) is 5.98. The lowest BCUT2D eigenvalue weighted by Gasteiger charge is -2.36. The summed E-state index contributed by atoms with van der Waals surface area (Å²) < 4.78 is 7.78. The van der Waals surface area contributed by atoms with E-state index in [1.807, 2.05) is 36.6 Å². The molecule has 4 heterocycles. The van der Waals surface area contributed by atoms with Crippen LogP contribution in [0, 0.1) is 6.92 Å². The van der Waals surface area contributed by atoms with Gasteiger partial charge in [0.1, 0.15) is 11.6 Å². The number of methoxy groups -OCH3 is 1. The van der Waals surface area contributed by atoms with Crippen molar-refractivity contribution in [2.45, 2.75) is 52.1 Å². The van der Waals surface area contributed by atoms with E-state index in [1.165, 1.54) is 11.1 Å². The molecule has 1 atom stereocenters. The molecule has 0 saturated carbocycles. The van der Waals surface area contributed by atoms with Crippen LogP contribution in [0.15, 0.2) is 48.7 Å². The number of ether oxygens (including phenoxy) is 1. The summed E-state index contributed by atoms with van der Waals surface area (Å²) in [4.78, 5) is 39.7. The number of aromatic nitrogens is 3. The molecule has 0 saturated heterocycles. The Morgan fingerprint density at radius 2 is 1.76 bits per heavy atom. The number of carbonyl (C=O) groups excluding carboxylic acids is 2. The third kappa shape index (κ3) is 3.81. The summed E-state index contributed by atoms with van der Waals surface area (Å²) in [7, 11) is 1.62. The van der Waals surface area contributed by atoms with Gasteiger partial charge in [0.25, 0.3) is 11.8 Å². The molecule has 210 valence electrons. The molecule has 1 spiro atoms. The van der Waals surface area contributed by atoms with Crippen molar-refractivity contribution in [2.24, 2.45) is 0 Å². The quantitative estimate of drug-likeness (QED) is 0.267. The number of rotatable bonds is 5. The Morgan fingerprint density at radius 1 is 1.00 bits per heavy atom. The lowest BCUT2D eigenvalue weighted by molar-refractivity contribution is -0.119. The van der Waals surface area contributed by atoms with E-state index < -0.39 is 17.4 Å². The van der Waals surface area contributed by atoms with Gasteiger partial charge in [-0.25, -0.2) is 4.98 Å². The van der Waals surface area contributed by atoms with Crippen molar-refractivity contribution in [2.75, 3.05) is 17.3 Å². The van der Waals surface area contributed by atoms with Crippen LogP contribution in [0.1, 0.15) is 72.7 Å². The molecule has 0 fully saturated rings. The number of nitrogens with zero attached hydrogens (tertiary/aromatic N) is 4. The van der Waals surface area contributed by atoms with Crippen molar-refractivity contribution in [3.63, 3.8) is 0 Å². The van der Waals surface area contributed by atoms with Crippen molar-refractivity contribution < 1.29 is 14.3 Å². The first-order valence-electron chi connectivity index (χ1n) is 13.4. The van der Waals surface area contributed by atoms with E-state index in [4.69, 9.17) is 32.9 Å². The minimum absolute atomic E-state index is 0.178. The first kappa shape index (κ1) is 27.3. The Hall–Kier alpha value is -3.88. The highest BCUT2D eigenvalue weighted by molar-refractivity contribution is 6.32. The number of carbonyl (C=O) groups is 2. The van der Waals surface area contributed by atoms with Gasteiger partial charge < -0.3 is 14.6 Å². The number of imidazole rings is 1. The van der Waals surface area contributed by atoms with Gasteiger partial charge >= 0.3 is 0 Å². The molecule has 2 aliphatic heterocycles. The molecule has 41 heavy (non-hydrogen) atoms. The minimum Gasteiger partial charge on any atom is -0.496 e. The van der Waals surface area contributed by atoms with Crippen LogP contribution in [0.4, 0.5) is 11.4 Å². The Bertz CT molecular complexity index is 1760. The average Bonchev–Trinajstić information content (AvgIpc) is 3.53. The molecule has 0 bridgehead atoms. The van der Waals surface area contributed by atoms with Crippen LogP contribution in [-0.2, 0) is 10.3 Å². The third-order valence-electron chi connectivity index (χ3n) is 7.86. The normalized spacial score (nSPS) is 17.6. The van der Waals surface area contributed by atoms with E-state index >= 15 is 0 Å². The molecule has 0 radical (unpaired) electrons. The fraction of sp³-hybridized carbons (Fsp3) is 0.290. The summed E-state index contributed by atoms with van der Waals surface area (Å²) in [5.41, 5.74) is 3.01. The minimum atomic E-state index is -1.58. The molecule has 10 heteroatoms. The number of pyridine rings is 1. The van der Waals surface area contributed by atoms with Gasteiger partial charge in [0.15, 0.2) is 11.2 Å². The summed E-state index contributed by atoms with van der Waals surface area (Å²) in [5.74, 6) is 0.658. The molecule has 4 aromatic rings.